The maximum absolute atomic E-state index is 13.4. The molecule has 35 heavy (non-hydrogen) atoms. The topological polar surface area (TPSA) is 136 Å². The molecule has 1 heterocycles. The van der Waals surface area contributed by atoms with Crippen molar-refractivity contribution < 1.29 is 26.7 Å². The van der Waals surface area contributed by atoms with Crippen molar-refractivity contribution in [1.29, 1.82) is 0 Å². The number of aliphatic hydroxyl groups excluding tert-OH is 1. The first kappa shape index (κ1) is 27.2. The van der Waals surface area contributed by atoms with E-state index < -0.39 is 26.2 Å². The zero-order chi connectivity index (χ0) is 25.8. The van der Waals surface area contributed by atoms with Crippen LogP contribution in [0.3, 0.4) is 0 Å². The van der Waals surface area contributed by atoms with Crippen LogP contribution in [0.15, 0.2) is 58.3 Å². The maximum Gasteiger partial charge on any atom is 0.240 e. The normalized spacial score (nSPS) is 17.9. The molecule has 1 saturated heterocycles. The molecular weight excluding hydrogens is 492 g/mol. The lowest BCUT2D eigenvalue weighted by molar-refractivity contribution is -0.131. The van der Waals surface area contributed by atoms with Crippen LogP contribution in [0.1, 0.15) is 23.6 Å². The zero-order valence-corrected chi connectivity index (χ0v) is 21.6. The van der Waals surface area contributed by atoms with Crippen molar-refractivity contribution in [3.63, 3.8) is 0 Å². The standard InChI is InChI=1S/C23H32N4O6S2/c1-24-34(30,31)20-10-9-18(22(14-20)35(32,33)25-2)13-23(29)26(3)21(17-7-5-4-6-8-17)16-27-12-11-19(28)15-27/h4-10,14,19,21,24-25,28H,11-13,15-16H2,1-3H3/t19-,21-/m1/s1. The first-order valence-electron chi connectivity index (χ1n) is 11.2. The molecule has 0 saturated carbocycles. The van der Waals surface area contributed by atoms with Crippen molar-refractivity contribution in [3.8, 4) is 0 Å². The zero-order valence-electron chi connectivity index (χ0n) is 20.0. The highest BCUT2D eigenvalue weighted by Crippen LogP contribution is 2.26. The molecule has 2 atom stereocenters. The van der Waals surface area contributed by atoms with Gasteiger partial charge in [0.05, 0.1) is 28.4 Å². The first-order chi connectivity index (χ1) is 16.5. The third-order valence-electron chi connectivity index (χ3n) is 6.24. The molecule has 1 fully saturated rings. The number of likely N-dealkylation sites (tertiary alicyclic amines) is 1. The van der Waals surface area contributed by atoms with Gasteiger partial charge in [-0.2, -0.15) is 0 Å². The van der Waals surface area contributed by atoms with Crippen molar-refractivity contribution in [3.05, 3.63) is 59.7 Å². The molecule has 192 valence electrons. The monoisotopic (exact) mass is 524 g/mol. The van der Waals surface area contributed by atoms with Gasteiger partial charge in [-0.25, -0.2) is 26.3 Å². The molecule has 0 unspecified atom stereocenters. The predicted molar refractivity (Wildman–Crippen MR) is 132 cm³/mol. The maximum atomic E-state index is 13.4. The van der Waals surface area contributed by atoms with E-state index in [2.05, 4.69) is 14.3 Å². The highest BCUT2D eigenvalue weighted by Gasteiger charge is 2.29. The first-order valence-corrected chi connectivity index (χ1v) is 14.2. The average Bonchev–Trinajstić information content (AvgIpc) is 3.27. The van der Waals surface area contributed by atoms with Crippen LogP contribution in [0, 0.1) is 0 Å². The van der Waals surface area contributed by atoms with E-state index in [4.69, 9.17) is 0 Å². The smallest absolute Gasteiger partial charge is 0.240 e. The second-order valence-corrected chi connectivity index (χ2v) is 12.2. The van der Waals surface area contributed by atoms with Gasteiger partial charge in [-0.15, -0.1) is 0 Å². The summed E-state index contributed by atoms with van der Waals surface area (Å²) >= 11 is 0. The van der Waals surface area contributed by atoms with Gasteiger partial charge in [0.1, 0.15) is 0 Å². The Balaban J connectivity index is 1.92. The number of benzene rings is 2. The minimum absolute atomic E-state index is 0.189. The molecule has 2 aromatic carbocycles. The van der Waals surface area contributed by atoms with Crippen LogP contribution in [-0.2, 0) is 31.3 Å². The van der Waals surface area contributed by atoms with E-state index in [1.165, 1.54) is 26.2 Å². The third-order valence-corrected chi connectivity index (χ3v) is 9.15. The molecule has 1 aliphatic heterocycles. The summed E-state index contributed by atoms with van der Waals surface area (Å²) in [4.78, 5) is 16.6. The van der Waals surface area contributed by atoms with Gasteiger partial charge in [-0.3, -0.25) is 9.69 Å². The molecular formula is C23H32N4O6S2. The number of hydrogen-bond donors (Lipinski definition) is 3. The number of nitrogens with one attached hydrogen (secondary N) is 2. The van der Waals surface area contributed by atoms with E-state index in [0.717, 1.165) is 18.2 Å². The van der Waals surface area contributed by atoms with Crippen molar-refractivity contribution in [2.45, 2.75) is 34.8 Å². The molecule has 3 N–H and O–H groups in total. The van der Waals surface area contributed by atoms with Crippen LogP contribution in [0.4, 0.5) is 0 Å². The van der Waals surface area contributed by atoms with Crippen LogP contribution >= 0.6 is 0 Å². The van der Waals surface area contributed by atoms with Crippen molar-refractivity contribution in [1.82, 2.24) is 19.2 Å². The van der Waals surface area contributed by atoms with Crippen molar-refractivity contribution in [2.75, 3.05) is 40.8 Å². The summed E-state index contributed by atoms with van der Waals surface area (Å²) in [5.41, 5.74) is 1.11. The van der Waals surface area contributed by atoms with Gasteiger partial charge >= 0.3 is 0 Å². The number of carbonyl (C=O) groups is 1. The Morgan fingerprint density at radius 2 is 1.74 bits per heavy atom. The van der Waals surface area contributed by atoms with Crippen molar-refractivity contribution >= 4 is 26.0 Å². The SMILES string of the molecule is CNS(=O)(=O)c1ccc(CC(=O)N(C)[C@H](CN2CC[C@@H](O)C2)c2ccccc2)c(S(=O)(=O)NC)c1. The number of aliphatic hydroxyl groups is 1. The van der Waals surface area contributed by atoms with Crippen LogP contribution in [0.2, 0.25) is 0 Å². The average molecular weight is 525 g/mol. The van der Waals surface area contributed by atoms with E-state index >= 15 is 0 Å². The molecule has 0 spiro atoms. The van der Waals surface area contributed by atoms with E-state index in [-0.39, 0.29) is 33.7 Å². The number of nitrogens with zero attached hydrogens (tertiary/aromatic N) is 2. The van der Waals surface area contributed by atoms with Gasteiger partial charge < -0.3 is 10.0 Å². The largest absolute Gasteiger partial charge is 0.392 e. The van der Waals surface area contributed by atoms with Crippen molar-refractivity contribution in [2.24, 2.45) is 0 Å². The van der Waals surface area contributed by atoms with E-state index in [9.17, 15) is 26.7 Å². The third kappa shape index (κ3) is 6.46. The summed E-state index contributed by atoms with van der Waals surface area (Å²) in [6, 6.07) is 12.9. The molecule has 12 heteroatoms. The molecule has 0 bridgehead atoms. The highest BCUT2D eigenvalue weighted by atomic mass is 32.2. The molecule has 3 rings (SSSR count). The number of β-amino-alcohol motifs (C(OH)–C–C–N with tert-alkyl or cyclic N) is 1. The molecule has 0 radical (unpaired) electrons. The number of hydrogen-bond acceptors (Lipinski definition) is 7. The summed E-state index contributed by atoms with van der Waals surface area (Å²) in [5, 5.41) is 9.92. The summed E-state index contributed by atoms with van der Waals surface area (Å²) < 4.78 is 54.2. The Bertz CT molecular complexity index is 1250. The van der Waals surface area contributed by atoms with E-state index in [1.54, 1.807) is 11.9 Å². The summed E-state index contributed by atoms with van der Waals surface area (Å²) in [6.07, 6.45) is 0.0411. The van der Waals surface area contributed by atoms with Gasteiger partial charge in [0, 0.05) is 26.7 Å². The fraction of sp³-hybridized carbons (Fsp3) is 0.435. The lowest BCUT2D eigenvalue weighted by Gasteiger charge is -2.32. The molecule has 1 amide bonds. The summed E-state index contributed by atoms with van der Waals surface area (Å²) in [7, 11) is -3.80. The number of rotatable bonds is 10. The molecule has 0 aromatic heterocycles. The second-order valence-electron chi connectivity index (χ2n) is 8.49. The van der Waals surface area contributed by atoms with Crippen LogP contribution in [0.5, 0.6) is 0 Å². The Morgan fingerprint density at radius 3 is 2.31 bits per heavy atom. The van der Waals surface area contributed by atoms with Crippen LogP contribution in [-0.4, -0.2) is 84.5 Å². The number of likely N-dealkylation sites (N-methyl/N-ethyl adjacent to an activating group) is 1. The lowest BCUT2D eigenvalue weighted by atomic mass is 10.0. The van der Waals surface area contributed by atoms with Crippen LogP contribution in [0.25, 0.3) is 0 Å². The number of carbonyl (C=O) groups excluding carboxylic acids is 1. The van der Waals surface area contributed by atoms with E-state index in [1.807, 2.05) is 30.3 Å². The Morgan fingerprint density at radius 1 is 1.09 bits per heavy atom. The minimum atomic E-state index is -4.04. The number of amides is 1. The fourth-order valence-corrected chi connectivity index (χ4v) is 5.95. The quantitative estimate of drug-likeness (QED) is 0.407. The van der Waals surface area contributed by atoms with Gasteiger partial charge in [-0.1, -0.05) is 36.4 Å². The Kier molecular flexibility index (Phi) is 8.67. The predicted octanol–water partition coefficient (Wildman–Crippen LogP) is 0.312. The van der Waals surface area contributed by atoms with Gasteiger partial charge in [-0.05, 0) is 43.8 Å². The van der Waals surface area contributed by atoms with E-state index in [0.29, 0.717) is 19.5 Å². The second kappa shape index (κ2) is 11.1. The lowest BCUT2D eigenvalue weighted by Crippen LogP contribution is -2.39. The fourth-order valence-electron chi connectivity index (χ4n) is 4.14. The molecule has 2 aromatic rings. The summed E-state index contributed by atoms with van der Waals surface area (Å²) in [5.74, 6) is -0.324. The highest BCUT2D eigenvalue weighted by molar-refractivity contribution is 7.90. The Hall–Kier alpha value is -2.35. The number of sulfonamides is 2. The van der Waals surface area contributed by atoms with Gasteiger partial charge in [0.15, 0.2) is 0 Å². The van der Waals surface area contributed by atoms with Crippen LogP contribution < -0.4 is 9.44 Å². The molecule has 0 aliphatic carbocycles. The van der Waals surface area contributed by atoms with Gasteiger partial charge in [0.2, 0.25) is 26.0 Å². The molecule has 1 aliphatic rings. The Labute approximate surface area is 207 Å². The van der Waals surface area contributed by atoms with Gasteiger partial charge in [0.25, 0.3) is 0 Å². The summed E-state index contributed by atoms with van der Waals surface area (Å²) in [6.45, 7) is 1.76. The molecule has 10 nitrogen and oxygen atoms in total. The minimum Gasteiger partial charge on any atom is -0.392 e.